The van der Waals surface area contributed by atoms with E-state index in [1.165, 1.54) is 0 Å². The Kier molecular flexibility index (Phi) is 5.09. The highest BCUT2D eigenvalue weighted by Crippen LogP contribution is 2.38. The maximum atomic E-state index is 5.85. The van der Waals surface area contributed by atoms with E-state index >= 15 is 0 Å². The summed E-state index contributed by atoms with van der Waals surface area (Å²) in [5.41, 5.74) is 1.06. The summed E-state index contributed by atoms with van der Waals surface area (Å²) in [6.07, 6.45) is 0.0475. The molecule has 5 heteroatoms. The molecule has 1 N–H and O–H groups in total. The van der Waals surface area contributed by atoms with Crippen LogP contribution >= 0.6 is 0 Å². The van der Waals surface area contributed by atoms with Crippen molar-refractivity contribution in [1.29, 1.82) is 0 Å². The van der Waals surface area contributed by atoms with E-state index in [1.54, 1.807) is 7.11 Å². The van der Waals surface area contributed by atoms with Gasteiger partial charge >= 0.3 is 0 Å². The van der Waals surface area contributed by atoms with Crippen molar-refractivity contribution in [3.63, 3.8) is 0 Å². The van der Waals surface area contributed by atoms with E-state index < -0.39 is 0 Å². The molecule has 20 heavy (non-hydrogen) atoms. The number of hydrogen-bond donors (Lipinski definition) is 1. The zero-order chi connectivity index (χ0) is 14.5. The molecule has 112 valence electrons. The van der Waals surface area contributed by atoms with Crippen molar-refractivity contribution >= 4 is 0 Å². The van der Waals surface area contributed by atoms with Gasteiger partial charge in [0.1, 0.15) is 12.4 Å². The molecule has 5 nitrogen and oxygen atoms in total. The Labute approximate surface area is 120 Å². The van der Waals surface area contributed by atoms with Crippen molar-refractivity contribution < 1.29 is 18.9 Å². The molecule has 0 amide bonds. The molecule has 0 aromatic heterocycles. The second-order valence-electron chi connectivity index (χ2n) is 5.21. The summed E-state index contributed by atoms with van der Waals surface area (Å²) in [6.45, 7) is 7.69. The molecule has 0 bridgehead atoms. The van der Waals surface area contributed by atoms with Crippen LogP contribution in [0.25, 0.3) is 0 Å². The summed E-state index contributed by atoms with van der Waals surface area (Å²) >= 11 is 0. The van der Waals surface area contributed by atoms with Crippen LogP contribution in [0.1, 0.15) is 26.3 Å². The molecule has 2 rings (SSSR count). The zero-order valence-electron chi connectivity index (χ0n) is 12.6. The van der Waals surface area contributed by atoms with Crippen LogP contribution in [0.2, 0.25) is 0 Å². The average Bonchev–Trinajstić information content (AvgIpc) is 2.88. The molecule has 1 aromatic rings. The third-order valence-corrected chi connectivity index (χ3v) is 3.13. The molecule has 1 aliphatic heterocycles. The summed E-state index contributed by atoms with van der Waals surface area (Å²) in [6, 6.07) is 4.28. The van der Waals surface area contributed by atoms with Crippen LogP contribution in [0, 0.1) is 0 Å². The predicted molar refractivity (Wildman–Crippen MR) is 76.5 cm³/mol. The summed E-state index contributed by atoms with van der Waals surface area (Å²) in [4.78, 5) is 0. The monoisotopic (exact) mass is 281 g/mol. The number of hydrogen-bond acceptors (Lipinski definition) is 5. The topological polar surface area (TPSA) is 49.0 Å². The Morgan fingerprint density at radius 3 is 2.55 bits per heavy atom. The van der Waals surface area contributed by atoms with Crippen LogP contribution in [0.3, 0.4) is 0 Å². The maximum Gasteiger partial charge on any atom is 0.231 e. The first-order valence-corrected chi connectivity index (χ1v) is 6.91. The van der Waals surface area contributed by atoms with Gasteiger partial charge in [-0.2, -0.15) is 0 Å². The van der Waals surface area contributed by atoms with E-state index in [9.17, 15) is 0 Å². The molecule has 0 saturated heterocycles. The highest BCUT2D eigenvalue weighted by atomic mass is 16.7. The van der Waals surface area contributed by atoms with Gasteiger partial charge in [-0.15, -0.1) is 0 Å². The number of rotatable bonds is 7. The largest absolute Gasteiger partial charge is 0.490 e. The minimum absolute atomic E-state index is 0.0475. The number of nitrogens with one attached hydrogen (secondary N) is 1. The predicted octanol–water partition coefficient (Wildman–Crippen LogP) is 2.33. The van der Waals surface area contributed by atoms with E-state index in [0.29, 0.717) is 12.6 Å². The van der Waals surface area contributed by atoms with Gasteiger partial charge in [0.25, 0.3) is 0 Å². The fourth-order valence-electron chi connectivity index (χ4n) is 1.83. The molecule has 0 radical (unpaired) electrons. The van der Waals surface area contributed by atoms with E-state index in [0.717, 1.165) is 29.4 Å². The highest BCUT2D eigenvalue weighted by Gasteiger charge is 2.18. The van der Waals surface area contributed by atoms with E-state index in [4.69, 9.17) is 18.9 Å². The number of methoxy groups -OCH3 is 1. The lowest BCUT2D eigenvalue weighted by molar-refractivity contribution is 0.0711. The minimum Gasteiger partial charge on any atom is -0.490 e. The Balaban J connectivity index is 2.13. The van der Waals surface area contributed by atoms with Crippen molar-refractivity contribution in [2.75, 3.05) is 20.5 Å². The Bertz CT molecular complexity index is 448. The molecule has 0 fully saturated rings. The van der Waals surface area contributed by atoms with Gasteiger partial charge in [-0.05, 0) is 13.0 Å². The first kappa shape index (κ1) is 14.9. The van der Waals surface area contributed by atoms with Gasteiger partial charge in [0, 0.05) is 31.3 Å². The smallest absolute Gasteiger partial charge is 0.231 e. The summed E-state index contributed by atoms with van der Waals surface area (Å²) < 4.78 is 21.9. The second-order valence-corrected chi connectivity index (χ2v) is 5.21. The van der Waals surface area contributed by atoms with Gasteiger partial charge in [0.05, 0.1) is 6.10 Å². The third kappa shape index (κ3) is 3.77. The van der Waals surface area contributed by atoms with Crippen molar-refractivity contribution in [2.24, 2.45) is 0 Å². The molecule has 0 saturated carbocycles. The van der Waals surface area contributed by atoms with Gasteiger partial charge in [-0.1, -0.05) is 13.8 Å². The Hall–Kier alpha value is -1.46. The molecule has 1 aliphatic rings. The van der Waals surface area contributed by atoms with Crippen LogP contribution < -0.4 is 19.5 Å². The van der Waals surface area contributed by atoms with Crippen LogP contribution in [0.15, 0.2) is 12.1 Å². The quantitative estimate of drug-likeness (QED) is 0.831. The lowest BCUT2D eigenvalue weighted by Crippen LogP contribution is -2.23. The SMILES string of the molecule is COC(C)COc1cc2c(cc1CNC(C)C)OCO2. The summed E-state index contributed by atoms with van der Waals surface area (Å²) in [7, 11) is 1.68. The number of ether oxygens (including phenoxy) is 4. The first-order valence-electron chi connectivity index (χ1n) is 6.91. The van der Waals surface area contributed by atoms with Crippen molar-refractivity contribution in [2.45, 2.75) is 39.5 Å². The fourth-order valence-corrected chi connectivity index (χ4v) is 1.83. The van der Waals surface area contributed by atoms with Gasteiger partial charge in [0.2, 0.25) is 6.79 Å². The first-order chi connectivity index (χ1) is 9.60. The van der Waals surface area contributed by atoms with Gasteiger partial charge < -0.3 is 24.3 Å². The van der Waals surface area contributed by atoms with Crippen LogP contribution in [0.4, 0.5) is 0 Å². The summed E-state index contributed by atoms with van der Waals surface area (Å²) in [5.74, 6) is 2.32. The van der Waals surface area contributed by atoms with Gasteiger partial charge in [-0.3, -0.25) is 0 Å². The molecule has 1 heterocycles. The molecule has 0 aliphatic carbocycles. The lowest BCUT2D eigenvalue weighted by Gasteiger charge is -2.16. The van der Waals surface area contributed by atoms with Crippen LogP contribution in [0.5, 0.6) is 17.2 Å². The van der Waals surface area contributed by atoms with E-state index in [-0.39, 0.29) is 12.9 Å². The fraction of sp³-hybridized carbons (Fsp3) is 0.600. The van der Waals surface area contributed by atoms with Gasteiger partial charge in [0.15, 0.2) is 11.5 Å². The highest BCUT2D eigenvalue weighted by molar-refractivity contribution is 5.51. The van der Waals surface area contributed by atoms with E-state index in [2.05, 4.69) is 19.2 Å². The third-order valence-electron chi connectivity index (χ3n) is 3.13. The van der Waals surface area contributed by atoms with Crippen LogP contribution in [-0.4, -0.2) is 32.7 Å². The maximum absolute atomic E-state index is 5.85. The minimum atomic E-state index is 0.0475. The summed E-state index contributed by atoms with van der Waals surface area (Å²) in [5, 5.41) is 3.39. The van der Waals surface area contributed by atoms with Crippen molar-refractivity contribution in [1.82, 2.24) is 5.32 Å². The number of fused-ring (bicyclic) bond motifs is 1. The Morgan fingerprint density at radius 2 is 1.90 bits per heavy atom. The van der Waals surface area contributed by atoms with Gasteiger partial charge in [-0.25, -0.2) is 0 Å². The number of benzene rings is 1. The average molecular weight is 281 g/mol. The van der Waals surface area contributed by atoms with Crippen molar-refractivity contribution in [3.05, 3.63) is 17.7 Å². The molecular weight excluding hydrogens is 258 g/mol. The normalized spacial score (nSPS) is 14.7. The van der Waals surface area contributed by atoms with E-state index in [1.807, 2.05) is 19.1 Å². The van der Waals surface area contributed by atoms with Crippen LogP contribution in [-0.2, 0) is 11.3 Å². The molecule has 1 atom stereocenters. The zero-order valence-corrected chi connectivity index (χ0v) is 12.6. The molecule has 0 spiro atoms. The molecule has 1 aromatic carbocycles. The Morgan fingerprint density at radius 1 is 1.20 bits per heavy atom. The molecule has 1 unspecified atom stereocenters. The second kappa shape index (κ2) is 6.81. The lowest BCUT2D eigenvalue weighted by atomic mass is 10.1. The standard InChI is InChI=1S/C15H23NO4/c1-10(2)16-7-12-5-14-15(20-9-19-14)6-13(12)18-8-11(3)17-4/h5-6,10-11,16H,7-9H2,1-4H3. The molecular formula is C15H23NO4. The van der Waals surface area contributed by atoms with Crippen molar-refractivity contribution in [3.8, 4) is 17.2 Å².